The van der Waals surface area contributed by atoms with E-state index in [4.69, 9.17) is 10.5 Å². The van der Waals surface area contributed by atoms with E-state index >= 15 is 0 Å². The summed E-state index contributed by atoms with van der Waals surface area (Å²) in [5.41, 5.74) is 6.99. The van der Waals surface area contributed by atoms with Crippen LogP contribution in [0.15, 0.2) is 42.7 Å². The van der Waals surface area contributed by atoms with E-state index in [0.29, 0.717) is 44.6 Å². The molecule has 3 rings (SSSR count). The number of rotatable bonds is 6. The summed E-state index contributed by atoms with van der Waals surface area (Å²) in [5.74, 6) is 1.80. The zero-order valence-corrected chi connectivity index (χ0v) is 15.9. The van der Waals surface area contributed by atoms with Gasteiger partial charge in [-0.2, -0.15) is 0 Å². The standard InChI is InChI=1S/C20H27N5O2/c1-15(2)13-27-18-12-17(22-14-23-18)24-8-10-25(11-9-24)20(26)19(21)16-6-4-3-5-7-16/h3-7,12,14-15,19H,8-11,13,21H2,1-2H3/t19-/m1/s1. The number of hydrogen-bond donors (Lipinski definition) is 1. The number of aromatic nitrogens is 2. The van der Waals surface area contributed by atoms with Crippen molar-refractivity contribution in [2.24, 2.45) is 11.7 Å². The van der Waals surface area contributed by atoms with Gasteiger partial charge in [-0.3, -0.25) is 4.79 Å². The van der Waals surface area contributed by atoms with Crippen molar-refractivity contribution in [3.63, 3.8) is 0 Å². The molecule has 2 heterocycles. The van der Waals surface area contributed by atoms with Crippen molar-refractivity contribution in [3.8, 4) is 5.88 Å². The number of amides is 1. The van der Waals surface area contributed by atoms with Gasteiger partial charge in [0.05, 0.1) is 6.61 Å². The lowest BCUT2D eigenvalue weighted by molar-refractivity contribution is -0.133. The lowest BCUT2D eigenvalue weighted by Gasteiger charge is -2.36. The molecule has 1 aliphatic rings. The lowest BCUT2D eigenvalue weighted by atomic mass is 10.1. The van der Waals surface area contributed by atoms with Crippen molar-refractivity contribution in [2.75, 3.05) is 37.7 Å². The zero-order valence-electron chi connectivity index (χ0n) is 15.9. The van der Waals surface area contributed by atoms with Crippen LogP contribution >= 0.6 is 0 Å². The highest BCUT2D eigenvalue weighted by molar-refractivity contribution is 5.83. The zero-order chi connectivity index (χ0) is 19.2. The Labute approximate surface area is 160 Å². The van der Waals surface area contributed by atoms with E-state index in [2.05, 4.69) is 28.7 Å². The number of hydrogen-bond acceptors (Lipinski definition) is 6. The Morgan fingerprint density at radius 1 is 1.15 bits per heavy atom. The van der Waals surface area contributed by atoms with E-state index in [1.165, 1.54) is 6.33 Å². The van der Waals surface area contributed by atoms with Crippen LogP contribution in [-0.4, -0.2) is 53.6 Å². The van der Waals surface area contributed by atoms with Crippen molar-refractivity contribution in [2.45, 2.75) is 19.9 Å². The highest BCUT2D eigenvalue weighted by atomic mass is 16.5. The Morgan fingerprint density at radius 2 is 1.85 bits per heavy atom. The van der Waals surface area contributed by atoms with Gasteiger partial charge in [-0.25, -0.2) is 9.97 Å². The van der Waals surface area contributed by atoms with Crippen molar-refractivity contribution >= 4 is 11.7 Å². The normalized spacial score (nSPS) is 15.7. The third kappa shape index (κ3) is 4.95. The van der Waals surface area contributed by atoms with Gasteiger partial charge in [0.25, 0.3) is 0 Å². The topological polar surface area (TPSA) is 84.6 Å². The largest absolute Gasteiger partial charge is 0.477 e. The summed E-state index contributed by atoms with van der Waals surface area (Å²) in [6.45, 7) is 7.45. The molecule has 2 N–H and O–H groups in total. The minimum Gasteiger partial charge on any atom is -0.477 e. The van der Waals surface area contributed by atoms with Crippen molar-refractivity contribution in [1.82, 2.24) is 14.9 Å². The predicted octanol–water partition coefficient (Wildman–Crippen LogP) is 1.86. The molecule has 0 radical (unpaired) electrons. The van der Waals surface area contributed by atoms with Gasteiger partial charge in [-0.1, -0.05) is 44.2 Å². The summed E-state index contributed by atoms with van der Waals surface area (Å²) < 4.78 is 5.68. The number of ether oxygens (including phenoxy) is 1. The van der Waals surface area contributed by atoms with Crippen molar-refractivity contribution in [1.29, 1.82) is 0 Å². The summed E-state index contributed by atoms with van der Waals surface area (Å²) >= 11 is 0. The highest BCUT2D eigenvalue weighted by Crippen LogP contribution is 2.20. The first-order valence-corrected chi connectivity index (χ1v) is 9.33. The second kappa shape index (κ2) is 8.81. The summed E-state index contributed by atoms with van der Waals surface area (Å²) in [4.78, 5) is 25.2. The molecule has 1 saturated heterocycles. The molecule has 7 heteroatoms. The van der Waals surface area contributed by atoms with Crippen LogP contribution in [-0.2, 0) is 4.79 Å². The van der Waals surface area contributed by atoms with Crippen LogP contribution in [0.2, 0.25) is 0 Å². The van der Waals surface area contributed by atoms with Crippen molar-refractivity contribution in [3.05, 3.63) is 48.3 Å². The van der Waals surface area contributed by atoms with Gasteiger partial charge in [0.2, 0.25) is 11.8 Å². The molecule has 0 bridgehead atoms. The molecule has 0 spiro atoms. The molecule has 144 valence electrons. The van der Waals surface area contributed by atoms with E-state index in [-0.39, 0.29) is 5.91 Å². The minimum absolute atomic E-state index is 0.0375. The third-order valence-electron chi connectivity index (χ3n) is 4.53. The van der Waals surface area contributed by atoms with Crippen LogP contribution in [0.25, 0.3) is 0 Å². The molecule has 1 fully saturated rings. The summed E-state index contributed by atoms with van der Waals surface area (Å²) in [6, 6.07) is 10.7. The number of anilines is 1. The number of nitrogens with two attached hydrogens (primary N) is 1. The van der Waals surface area contributed by atoms with Gasteiger partial charge < -0.3 is 20.3 Å². The first-order chi connectivity index (χ1) is 13.0. The van der Waals surface area contributed by atoms with Gasteiger partial charge in [-0.05, 0) is 11.5 Å². The number of benzene rings is 1. The summed E-state index contributed by atoms with van der Waals surface area (Å²) in [5, 5.41) is 0. The van der Waals surface area contributed by atoms with Crippen LogP contribution in [0, 0.1) is 5.92 Å². The average molecular weight is 369 g/mol. The Hall–Kier alpha value is -2.67. The molecule has 1 aromatic carbocycles. The van der Waals surface area contributed by atoms with E-state index in [9.17, 15) is 4.79 Å². The molecule has 1 atom stereocenters. The van der Waals surface area contributed by atoms with Crippen LogP contribution < -0.4 is 15.4 Å². The molecule has 1 aliphatic heterocycles. The predicted molar refractivity (Wildman–Crippen MR) is 105 cm³/mol. The first kappa shape index (κ1) is 19.1. The van der Waals surface area contributed by atoms with Crippen LogP contribution in [0.5, 0.6) is 5.88 Å². The number of piperazine rings is 1. The molecule has 0 saturated carbocycles. The maximum absolute atomic E-state index is 12.7. The lowest BCUT2D eigenvalue weighted by Crippen LogP contribution is -2.51. The Balaban J connectivity index is 1.57. The Bertz CT molecular complexity index is 745. The van der Waals surface area contributed by atoms with E-state index in [0.717, 1.165) is 11.4 Å². The Kier molecular flexibility index (Phi) is 6.24. The summed E-state index contributed by atoms with van der Waals surface area (Å²) in [6.07, 6.45) is 1.52. The molecule has 2 aromatic rings. The Morgan fingerprint density at radius 3 is 2.52 bits per heavy atom. The van der Waals surface area contributed by atoms with Gasteiger partial charge in [0, 0.05) is 32.2 Å². The van der Waals surface area contributed by atoms with E-state index < -0.39 is 6.04 Å². The second-order valence-electron chi connectivity index (χ2n) is 7.12. The van der Waals surface area contributed by atoms with Gasteiger partial charge >= 0.3 is 0 Å². The maximum atomic E-state index is 12.7. The molecule has 7 nitrogen and oxygen atoms in total. The number of carbonyl (C=O) groups is 1. The molecule has 0 unspecified atom stereocenters. The van der Waals surface area contributed by atoms with E-state index in [1.54, 1.807) is 0 Å². The van der Waals surface area contributed by atoms with Gasteiger partial charge in [0.15, 0.2) is 0 Å². The van der Waals surface area contributed by atoms with Crippen LogP contribution in [0.1, 0.15) is 25.5 Å². The molecule has 1 amide bonds. The average Bonchev–Trinajstić information content (AvgIpc) is 2.72. The second-order valence-corrected chi connectivity index (χ2v) is 7.12. The fourth-order valence-electron chi connectivity index (χ4n) is 2.99. The smallest absolute Gasteiger partial charge is 0.244 e. The van der Waals surface area contributed by atoms with Crippen LogP contribution in [0.4, 0.5) is 5.82 Å². The van der Waals surface area contributed by atoms with E-state index in [1.807, 2.05) is 41.3 Å². The van der Waals surface area contributed by atoms with Gasteiger partial charge in [-0.15, -0.1) is 0 Å². The minimum atomic E-state index is -0.618. The molecular formula is C20H27N5O2. The SMILES string of the molecule is CC(C)COc1cc(N2CCN(C(=O)[C@H](N)c3ccccc3)CC2)ncn1. The van der Waals surface area contributed by atoms with Gasteiger partial charge in [0.1, 0.15) is 18.2 Å². The fraction of sp³-hybridized carbons (Fsp3) is 0.450. The van der Waals surface area contributed by atoms with Crippen LogP contribution in [0.3, 0.4) is 0 Å². The van der Waals surface area contributed by atoms with Crippen molar-refractivity contribution < 1.29 is 9.53 Å². The first-order valence-electron chi connectivity index (χ1n) is 9.33. The monoisotopic (exact) mass is 369 g/mol. The maximum Gasteiger partial charge on any atom is 0.244 e. The molecule has 27 heavy (non-hydrogen) atoms. The number of nitrogens with zero attached hydrogens (tertiary/aromatic N) is 4. The molecular weight excluding hydrogens is 342 g/mol. The number of carbonyl (C=O) groups excluding carboxylic acids is 1. The fourth-order valence-corrected chi connectivity index (χ4v) is 2.99. The molecule has 1 aromatic heterocycles. The highest BCUT2D eigenvalue weighted by Gasteiger charge is 2.26. The molecule has 0 aliphatic carbocycles. The third-order valence-corrected chi connectivity index (χ3v) is 4.53. The quantitative estimate of drug-likeness (QED) is 0.837. The summed E-state index contributed by atoms with van der Waals surface area (Å²) in [7, 11) is 0.